The van der Waals surface area contributed by atoms with Crippen LogP contribution in [0.25, 0.3) is 0 Å². The van der Waals surface area contributed by atoms with E-state index >= 15 is 0 Å². The van der Waals surface area contributed by atoms with E-state index in [0.29, 0.717) is 6.10 Å². The third-order valence-corrected chi connectivity index (χ3v) is 2.85. The predicted molar refractivity (Wildman–Crippen MR) is 60.1 cm³/mol. The summed E-state index contributed by atoms with van der Waals surface area (Å²) in [7, 11) is 1.81. The topological polar surface area (TPSA) is 12.2 Å². The zero-order chi connectivity index (χ0) is 11.0. The van der Waals surface area contributed by atoms with Crippen molar-refractivity contribution in [1.29, 1.82) is 0 Å². The van der Waals surface area contributed by atoms with Crippen LogP contribution >= 0.6 is 0 Å². The number of halogens is 1. The van der Waals surface area contributed by atoms with Crippen LogP contribution in [0.2, 0.25) is 0 Å². The quantitative estimate of drug-likeness (QED) is 0.579. The van der Waals surface area contributed by atoms with Crippen LogP contribution in [0.5, 0.6) is 0 Å². The second-order valence-corrected chi connectivity index (χ2v) is 6.00. The average Bonchev–Trinajstić information content (AvgIpc) is 1.99. The van der Waals surface area contributed by atoms with Gasteiger partial charge in [-0.05, 0) is 27.2 Å². The van der Waals surface area contributed by atoms with E-state index in [9.17, 15) is 0 Å². The average molecular weight is 278 g/mol. The number of rotatable bonds is 1. The highest BCUT2D eigenvalue weighted by Crippen LogP contribution is 2.27. The van der Waals surface area contributed by atoms with E-state index in [1.165, 1.54) is 0 Å². The molecule has 3 heteroatoms. The summed E-state index contributed by atoms with van der Waals surface area (Å²) in [5, 5.41) is 0. The highest BCUT2D eigenvalue weighted by Gasteiger charge is 2.37. The summed E-state index contributed by atoms with van der Waals surface area (Å²) in [4.78, 5) is 0. The lowest BCUT2D eigenvalue weighted by Gasteiger charge is -2.32. The van der Waals surface area contributed by atoms with Gasteiger partial charge in [0, 0.05) is 12.5 Å². The van der Waals surface area contributed by atoms with Crippen LogP contribution in [0, 0.1) is 5.41 Å². The van der Waals surface area contributed by atoms with Gasteiger partial charge in [-0.3, -0.25) is 0 Å². The molecule has 1 rings (SSSR count). The van der Waals surface area contributed by atoms with Gasteiger partial charge in [0.1, 0.15) is 12.3 Å². The van der Waals surface area contributed by atoms with E-state index in [1.807, 2.05) is 7.11 Å². The molecule has 2 nitrogen and oxygen atoms in total. The molecule has 0 bridgehead atoms. The van der Waals surface area contributed by atoms with Gasteiger partial charge in [-0.2, -0.15) is 0 Å². The molecule has 90 valence electrons. The third-order valence-electron chi connectivity index (χ3n) is 2.85. The van der Waals surface area contributed by atoms with E-state index in [1.54, 1.807) is 0 Å². The molecule has 1 heterocycles. The number of ether oxygens (including phenoxy) is 1. The van der Waals surface area contributed by atoms with E-state index in [2.05, 4.69) is 45.4 Å². The largest absolute Gasteiger partial charge is 1.00 e. The van der Waals surface area contributed by atoms with Crippen molar-refractivity contribution < 1.29 is 26.3 Å². The Labute approximate surface area is 104 Å². The molecule has 0 amide bonds. The molecule has 0 aromatic carbocycles. The second-order valence-electron chi connectivity index (χ2n) is 6.00. The van der Waals surface area contributed by atoms with Crippen molar-refractivity contribution in [2.45, 2.75) is 52.7 Å². The zero-order valence-corrected chi connectivity index (χ0v) is 12.4. The Bertz CT molecular complexity index is 240. The van der Waals surface area contributed by atoms with Crippen LogP contribution in [0.15, 0.2) is 0 Å². The van der Waals surface area contributed by atoms with Crippen molar-refractivity contribution in [3.8, 4) is 0 Å². The first kappa shape index (κ1) is 15.1. The van der Waals surface area contributed by atoms with E-state index < -0.39 is 0 Å². The molecule has 0 fully saturated rings. The highest BCUT2D eigenvalue weighted by atomic mass is 79.9. The Morgan fingerprint density at radius 2 is 1.87 bits per heavy atom. The van der Waals surface area contributed by atoms with Crippen molar-refractivity contribution in [3.63, 3.8) is 0 Å². The molecule has 0 aromatic heterocycles. The molecule has 0 N–H and O–H groups in total. The zero-order valence-electron chi connectivity index (χ0n) is 10.8. The molecule has 1 aliphatic rings. The lowest BCUT2D eigenvalue weighted by atomic mass is 9.84. The maximum Gasteiger partial charge on any atom is 0.169 e. The van der Waals surface area contributed by atoms with E-state index in [4.69, 9.17) is 4.74 Å². The van der Waals surface area contributed by atoms with E-state index in [-0.39, 0.29) is 27.9 Å². The van der Waals surface area contributed by atoms with Crippen LogP contribution in [0.1, 0.15) is 41.0 Å². The van der Waals surface area contributed by atoms with Crippen molar-refractivity contribution in [3.05, 3.63) is 0 Å². The maximum absolute atomic E-state index is 5.49. The van der Waals surface area contributed by atoms with Crippen molar-refractivity contribution >= 4 is 6.21 Å². The Morgan fingerprint density at radius 1 is 1.33 bits per heavy atom. The molecule has 1 unspecified atom stereocenters. The second kappa shape index (κ2) is 4.96. The molecule has 0 spiro atoms. The van der Waals surface area contributed by atoms with Gasteiger partial charge in [-0.1, -0.05) is 13.8 Å². The number of methoxy groups -OCH3 is 1. The van der Waals surface area contributed by atoms with Gasteiger partial charge in [0.25, 0.3) is 0 Å². The first-order valence-electron chi connectivity index (χ1n) is 5.40. The van der Waals surface area contributed by atoms with Crippen LogP contribution < -0.4 is 17.0 Å². The Morgan fingerprint density at radius 3 is 2.27 bits per heavy atom. The highest BCUT2D eigenvalue weighted by molar-refractivity contribution is 5.60. The van der Waals surface area contributed by atoms with E-state index in [0.717, 1.165) is 13.0 Å². The van der Waals surface area contributed by atoms with Gasteiger partial charge in [0.2, 0.25) is 0 Å². The number of nitrogens with zero attached hydrogens (tertiary/aromatic N) is 1. The summed E-state index contributed by atoms with van der Waals surface area (Å²) < 4.78 is 7.90. The monoisotopic (exact) mass is 277 g/mol. The lowest BCUT2D eigenvalue weighted by Crippen LogP contribution is -3.00. The smallest absolute Gasteiger partial charge is 0.169 e. The van der Waals surface area contributed by atoms with Gasteiger partial charge in [-0.25, -0.2) is 4.58 Å². The Kier molecular flexibility index (Phi) is 5.00. The molecule has 0 saturated heterocycles. The molecule has 0 radical (unpaired) electrons. The molecule has 1 atom stereocenters. The van der Waals surface area contributed by atoms with Gasteiger partial charge in [-0.15, -0.1) is 0 Å². The molecule has 1 aliphatic heterocycles. The normalized spacial score (nSPS) is 25.5. The van der Waals surface area contributed by atoms with Gasteiger partial charge < -0.3 is 21.7 Å². The fourth-order valence-corrected chi connectivity index (χ4v) is 2.02. The summed E-state index contributed by atoms with van der Waals surface area (Å²) in [6.45, 7) is 12.3. The van der Waals surface area contributed by atoms with Crippen molar-refractivity contribution in [2.75, 3.05) is 13.7 Å². The first-order valence-corrected chi connectivity index (χ1v) is 5.40. The SMILES string of the molecule is COC1C[N+](C(C)(C)C)=CC(C)(C)C1.[Br-]. The minimum atomic E-state index is 0. The summed E-state index contributed by atoms with van der Waals surface area (Å²) in [5.74, 6) is 0. The standard InChI is InChI=1S/C12H24NO.BrH/c1-11(2,3)13-8-10(14-6)7-12(4,5)9-13;/h9-10H,7-8H2,1-6H3;1H/q+1;/p-1. The fraction of sp³-hybridized carbons (Fsp3) is 0.917. The molecule has 0 aromatic rings. The summed E-state index contributed by atoms with van der Waals surface area (Å²) in [6, 6.07) is 0. The maximum atomic E-state index is 5.49. The van der Waals surface area contributed by atoms with Gasteiger partial charge >= 0.3 is 0 Å². The summed E-state index contributed by atoms with van der Waals surface area (Å²) >= 11 is 0. The number of hydrogen-bond donors (Lipinski definition) is 0. The Hall–Kier alpha value is 0.110. The van der Waals surface area contributed by atoms with Gasteiger partial charge in [0.05, 0.1) is 0 Å². The molecular weight excluding hydrogens is 254 g/mol. The lowest BCUT2D eigenvalue weighted by molar-refractivity contribution is -0.607. The minimum Gasteiger partial charge on any atom is -1.00 e. The minimum absolute atomic E-state index is 0. The van der Waals surface area contributed by atoms with Gasteiger partial charge in [0.15, 0.2) is 12.1 Å². The predicted octanol–water partition coefficient (Wildman–Crippen LogP) is -0.683. The molecule has 15 heavy (non-hydrogen) atoms. The first-order chi connectivity index (χ1) is 6.24. The fourth-order valence-electron chi connectivity index (χ4n) is 2.02. The van der Waals surface area contributed by atoms with Crippen LogP contribution in [-0.4, -0.2) is 36.1 Å². The molecule has 0 aliphatic carbocycles. The number of hydrogen-bond acceptors (Lipinski definition) is 1. The molecular formula is C12H24BrNO. The van der Waals surface area contributed by atoms with Crippen molar-refractivity contribution in [2.24, 2.45) is 5.41 Å². The van der Waals surface area contributed by atoms with Crippen LogP contribution in [0.4, 0.5) is 0 Å². The summed E-state index contributed by atoms with van der Waals surface area (Å²) in [6.07, 6.45) is 3.85. The van der Waals surface area contributed by atoms with Crippen LogP contribution in [-0.2, 0) is 4.74 Å². The third kappa shape index (κ3) is 4.23. The molecule has 0 saturated carbocycles. The summed E-state index contributed by atoms with van der Waals surface area (Å²) in [5.41, 5.74) is 0.459. The Balaban J connectivity index is 0.00000196. The van der Waals surface area contributed by atoms with Crippen LogP contribution in [0.3, 0.4) is 0 Å². The van der Waals surface area contributed by atoms with Crippen molar-refractivity contribution in [1.82, 2.24) is 0 Å².